The van der Waals surface area contributed by atoms with Gasteiger partial charge in [0.25, 0.3) is 11.7 Å². The van der Waals surface area contributed by atoms with E-state index >= 15 is 0 Å². The Hall–Kier alpha value is -2.27. The van der Waals surface area contributed by atoms with Gasteiger partial charge in [0.05, 0.1) is 37.1 Å². The SMILES string of the molecule is CC[C@@H]1C=C2COC1(O)C[C@@H](O)[C@@H](C)C(/C(C)=C/[C@@H]1CC[C@@H](O)[C@H](OC)C1)OC(=O)[C@@H]1CCCCN1C(=O)C(=O)[C@]1(O)O[C@H]([C@@H](OC)C[C@@H](C)C2)[C@@H](OC)C[C@H]1C. The van der Waals surface area contributed by atoms with Crippen LogP contribution in [0.25, 0.3) is 0 Å². The van der Waals surface area contributed by atoms with Crippen LogP contribution in [0.15, 0.2) is 23.3 Å². The first-order chi connectivity index (χ1) is 27.0. The Labute approximate surface area is 338 Å². The molecular weight excluding hydrogens is 738 g/mol. The van der Waals surface area contributed by atoms with Crippen LogP contribution < -0.4 is 0 Å². The molecule has 5 aliphatic heterocycles. The van der Waals surface area contributed by atoms with Crippen molar-refractivity contribution in [1.29, 1.82) is 0 Å². The van der Waals surface area contributed by atoms with Gasteiger partial charge in [0.2, 0.25) is 5.79 Å². The second-order valence-electron chi connectivity index (χ2n) is 17.6. The summed E-state index contributed by atoms with van der Waals surface area (Å²) in [6, 6.07) is -1.14. The molecule has 1 saturated carbocycles. The number of amides is 1. The standard InChI is InChI=1S/C43H69NO13/c1-9-30-20-29-16-24(2)17-35(53-7)38-36(54-8)19-26(4)43(51,57-38)39(47)40(48)44-15-11-10-12-31(44)41(49)56-37(27(5)33(46)22-42(30,50)55-23-29)25(3)18-28-13-14-32(45)34(21-28)52-6/h18,20,24,26-28,30-38,45-46,50-51H,9-17,19,21-23H2,1-8H3/b25-18+/t24-,26+,27+,28-,30+,31-,32+,33+,34+,35-,36-,37?,38+,42?,43+/m0/s1. The molecule has 3 saturated heterocycles. The molecule has 15 atom stereocenters. The highest BCUT2D eigenvalue weighted by molar-refractivity contribution is 6.39. The summed E-state index contributed by atoms with van der Waals surface area (Å²) in [6.07, 6.45) is 3.70. The molecule has 4 fully saturated rings. The van der Waals surface area contributed by atoms with Crippen molar-refractivity contribution in [3.8, 4) is 0 Å². The number of carbonyl (C=O) groups is 3. The molecule has 1 amide bonds. The third kappa shape index (κ3) is 10.0. The van der Waals surface area contributed by atoms with E-state index in [0.29, 0.717) is 56.9 Å². The Morgan fingerprint density at radius 2 is 1.61 bits per heavy atom. The summed E-state index contributed by atoms with van der Waals surface area (Å²) >= 11 is 0. The lowest BCUT2D eigenvalue weighted by Gasteiger charge is -2.47. The maximum absolute atomic E-state index is 14.4. The molecule has 1 aliphatic carbocycles. The maximum Gasteiger partial charge on any atom is 0.329 e. The molecule has 57 heavy (non-hydrogen) atoms. The number of allylic oxidation sites excluding steroid dienone is 1. The molecule has 4 bridgehead atoms. The Morgan fingerprint density at radius 3 is 2.28 bits per heavy atom. The zero-order valence-electron chi connectivity index (χ0n) is 35.3. The summed E-state index contributed by atoms with van der Waals surface area (Å²) in [5, 5.41) is 46.4. The third-order valence-electron chi connectivity index (χ3n) is 13.5. The van der Waals surface area contributed by atoms with Gasteiger partial charge in [0, 0.05) is 52.0 Å². The van der Waals surface area contributed by atoms with Crippen molar-refractivity contribution in [2.45, 2.75) is 166 Å². The molecule has 0 aromatic rings. The molecule has 0 radical (unpaired) electrons. The van der Waals surface area contributed by atoms with Gasteiger partial charge >= 0.3 is 5.97 Å². The first-order valence-corrected chi connectivity index (χ1v) is 21.1. The van der Waals surface area contributed by atoms with E-state index in [1.165, 1.54) is 19.1 Å². The van der Waals surface area contributed by atoms with Gasteiger partial charge in [-0.1, -0.05) is 39.8 Å². The van der Waals surface area contributed by atoms with Crippen molar-refractivity contribution >= 4 is 17.7 Å². The average molecular weight is 808 g/mol. The largest absolute Gasteiger partial charge is 0.456 e. The van der Waals surface area contributed by atoms with Crippen molar-refractivity contribution in [3.63, 3.8) is 0 Å². The molecule has 6 rings (SSSR count). The number of aliphatic hydroxyl groups excluding tert-OH is 2. The van der Waals surface area contributed by atoms with Crippen LogP contribution in [0.4, 0.5) is 0 Å². The number of aliphatic hydroxyl groups is 4. The molecule has 324 valence electrons. The highest BCUT2D eigenvalue weighted by atomic mass is 16.7. The monoisotopic (exact) mass is 807 g/mol. The summed E-state index contributed by atoms with van der Waals surface area (Å²) in [7, 11) is 4.63. The highest BCUT2D eigenvalue weighted by Gasteiger charge is 2.57. The van der Waals surface area contributed by atoms with Crippen LogP contribution in [0.1, 0.15) is 105 Å². The minimum atomic E-state index is -2.51. The number of carbonyl (C=O) groups excluding carboxylic acids is 3. The van der Waals surface area contributed by atoms with E-state index in [4.69, 9.17) is 28.4 Å². The fourth-order valence-electron chi connectivity index (χ4n) is 9.94. The van der Waals surface area contributed by atoms with Crippen LogP contribution in [0.5, 0.6) is 0 Å². The predicted molar refractivity (Wildman–Crippen MR) is 208 cm³/mol. The Kier molecular flexibility index (Phi) is 15.6. The molecule has 14 heteroatoms. The van der Waals surface area contributed by atoms with Crippen molar-refractivity contribution in [2.75, 3.05) is 34.5 Å². The van der Waals surface area contributed by atoms with Gasteiger partial charge < -0.3 is 53.7 Å². The number of esters is 1. The molecule has 0 spiro atoms. The summed E-state index contributed by atoms with van der Waals surface area (Å²) in [5.41, 5.74) is 1.65. The fraction of sp³-hybridized carbons (Fsp3) is 0.837. The Bertz CT molecular complexity index is 1470. The average Bonchev–Trinajstić information content (AvgIpc) is 3.19. The number of nitrogens with zero attached hydrogens (tertiary/aromatic N) is 1. The zero-order valence-corrected chi connectivity index (χ0v) is 35.3. The highest BCUT2D eigenvalue weighted by Crippen LogP contribution is 2.41. The maximum atomic E-state index is 14.4. The molecule has 0 aromatic carbocycles. The number of hydrogen-bond donors (Lipinski definition) is 4. The molecular formula is C43H69NO13. The van der Waals surface area contributed by atoms with E-state index in [1.54, 1.807) is 21.0 Å². The molecule has 0 aromatic heterocycles. The number of hydrogen-bond acceptors (Lipinski definition) is 13. The molecule has 4 N–H and O–H groups in total. The number of rotatable bonds is 6. The number of ketones is 1. The number of fused-ring (bicyclic) bond motifs is 11. The summed E-state index contributed by atoms with van der Waals surface area (Å²) in [6.45, 7) is 9.47. The van der Waals surface area contributed by atoms with Crippen LogP contribution in [-0.4, -0.2) is 138 Å². The lowest BCUT2D eigenvalue weighted by Crippen LogP contribution is -2.64. The Morgan fingerprint density at radius 1 is 0.930 bits per heavy atom. The topological polar surface area (TPSA) is 191 Å². The number of ether oxygens (including phenoxy) is 6. The third-order valence-corrected chi connectivity index (χ3v) is 13.5. The lowest BCUT2D eigenvalue weighted by molar-refractivity contribution is -0.302. The summed E-state index contributed by atoms with van der Waals surface area (Å²) < 4.78 is 36.1. The van der Waals surface area contributed by atoms with E-state index in [1.807, 2.05) is 26.0 Å². The van der Waals surface area contributed by atoms with Gasteiger partial charge in [-0.2, -0.15) is 0 Å². The summed E-state index contributed by atoms with van der Waals surface area (Å²) in [5.74, 6) is -9.10. The van der Waals surface area contributed by atoms with Crippen LogP contribution in [0.2, 0.25) is 0 Å². The van der Waals surface area contributed by atoms with Crippen LogP contribution in [-0.2, 0) is 42.8 Å². The normalized spacial score (nSPS) is 43.5. The number of Topliss-reactive ketones (excluding diaryl/α,β-unsaturated/α-hetero) is 1. The predicted octanol–water partition coefficient (Wildman–Crippen LogP) is 3.60. The molecule has 14 nitrogen and oxygen atoms in total. The van der Waals surface area contributed by atoms with Gasteiger partial charge in [-0.3, -0.25) is 9.59 Å². The second kappa shape index (κ2) is 19.4. The minimum absolute atomic E-state index is 0.00402. The van der Waals surface area contributed by atoms with E-state index in [-0.39, 0.29) is 50.4 Å². The van der Waals surface area contributed by atoms with Gasteiger partial charge in [-0.15, -0.1) is 0 Å². The van der Waals surface area contributed by atoms with Crippen molar-refractivity contribution in [2.24, 2.45) is 29.6 Å². The van der Waals surface area contributed by atoms with E-state index in [9.17, 15) is 34.8 Å². The number of methoxy groups -OCH3 is 3. The lowest BCUT2D eigenvalue weighted by atomic mass is 9.80. The first-order valence-electron chi connectivity index (χ1n) is 21.1. The smallest absolute Gasteiger partial charge is 0.329 e. The van der Waals surface area contributed by atoms with Gasteiger partial charge in [-0.05, 0) is 94.1 Å². The van der Waals surface area contributed by atoms with Crippen LogP contribution >= 0.6 is 0 Å². The van der Waals surface area contributed by atoms with Crippen LogP contribution in [0, 0.1) is 29.6 Å². The van der Waals surface area contributed by atoms with Crippen molar-refractivity contribution in [3.05, 3.63) is 23.3 Å². The van der Waals surface area contributed by atoms with E-state index in [2.05, 4.69) is 6.92 Å². The van der Waals surface area contributed by atoms with Crippen molar-refractivity contribution in [1.82, 2.24) is 4.90 Å². The Balaban J connectivity index is 1.55. The number of piperidine rings is 1. The molecule has 6 aliphatic rings. The van der Waals surface area contributed by atoms with Gasteiger partial charge in [0.1, 0.15) is 18.2 Å². The van der Waals surface area contributed by atoms with Crippen molar-refractivity contribution < 1.29 is 63.2 Å². The van der Waals surface area contributed by atoms with Gasteiger partial charge in [0.15, 0.2) is 5.79 Å². The minimum Gasteiger partial charge on any atom is -0.456 e. The molecule has 5 heterocycles. The first kappa shape index (κ1) is 45.8. The quantitative estimate of drug-likeness (QED) is 0.173. The molecule has 2 unspecified atom stereocenters. The van der Waals surface area contributed by atoms with E-state index in [0.717, 1.165) is 5.57 Å². The zero-order chi connectivity index (χ0) is 41.8. The second-order valence-corrected chi connectivity index (χ2v) is 17.6. The fourth-order valence-corrected chi connectivity index (χ4v) is 9.94. The van der Waals surface area contributed by atoms with E-state index < -0.39 is 89.7 Å². The summed E-state index contributed by atoms with van der Waals surface area (Å²) in [4.78, 5) is 44.0. The van der Waals surface area contributed by atoms with Gasteiger partial charge in [-0.25, -0.2) is 4.79 Å². The van der Waals surface area contributed by atoms with Crippen LogP contribution in [0.3, 0.4) is 0 Å².